The predicted molar refractivity (Wildman–Crippen MR) is 52.3 cm³/mol. The highest BCUT2D eigenvalue weighted by Gasteiger charge is 2.29. The second-order valence-electron chi connectivity index (χ2n) is 3.30. The van der Waals surface area contributed by atoms with Gasteiger partial charge >= 0.3 is 0 Å². The van der Waals surface area contributed by atoms with Crippen LogP contribution in [-0.4, -0.2) is 26.0 Å². The second kappa shape index (κ2) is 4.44. The minimum atomic E-state index is -2.76. The summed E-state index contributed by atoms with van der Waals surface area (Å²) in [6, 6.07) is 0. The summed E-state index contributed by atoms with van der Waals surface area (Å²) in [7, 11) is -2.76. The zero-order valence-electron chi connectivity index (χ0n) is 7.19. The number of sulfone groups is 1. The first kappa shape index (κ1) is 12.2. The van der Waals surface area contributed by atoms with Crippen molar-refractivity contribution in [3.63, 3.8) is 0 Å². The number of halogens is 1. The van der Waals surface area contributed by atoms with E-state index in [9.17, 15) is 8.42 Å². The van der Waals surface area contributed by atoms with Gasteiger partial charge in [0.05, 0.1) is 11.0 Å². The molecule has 0 unspecified atom stereocenters. The van der Waals surface area contributed by atoms with Crippen LogP contribution in [0.3, 0.4) is 0 Å². The van der Waals surface area contributed by atoms with Crippen molar-refractivity contribution in [3.05, 3.63) is 0 Å². The van der Waals surface area contributed by atoms with Gasteiger partial charge in [-0.25, -0.2) is 8.42 Å². The van der Waals surface area contributed by atoms with E-state index in [0.29, 0.717) is 18.2 Å². The average molecular weight is 214 g/mol. The quantitative estimate of drug-likeness (QED) is 0.693. The Kier molecular flexibility index (Phi) is 4.51. The normalized spacial score (nSPS) is 33.8. The van der Waals surface area contributed by atoms with Crippen LogP contribution in [0.4, 0.5) is 0 Å². The third kappa shape index (κ3) is 2.61. The molecule has 0 spiro atoms. The Balaban J connectivity index is 0.00000121. The van der Waals surface area contributed by atoms with Crippen LogP contribution in [0.25, 0.3) is 0 Å². The van der Waals surface area contributed by atoms with Crippen LogP contribution < -0.4 is 5.73 Å². The van der Waals surface area contributed by atoms with Gasteiger partial charge in [0.25, 0.3) is 0 Å². The SMILES string of the molecule is C[C@@H]1C[C@@H](CN)CCS1(=O)=O.Cl. The van der Waals surface area contributed by atoms with Gasteiger partial charge in [0.1, 0.15) is 0 Å². The molecule has 0 aromatic rings. The summed E-state index contributed by atoms with van der Waals surface area (Å²) in [6.07, 6.45) is 1.50. The highest BCUT2D eigenvalue weighted by molar-refractivity contribution is 7.92. The first-order valence-electron chi connectivity index (χ1n) is 3.98. The van der Waals surface area contributed by atoms with E-state index in [-0.39, 0.29) is 17.7 Å². The lowest BCUT2D eigenvalue weighted by Crippen LogP contribution is -2.33. The van der Waals surface area contributed by atoms with Gasteiger partial charge in [-0.3, -0.25) is 0 Å². The molecule has 1 rings (SSSR count). The molecule has 0 aromatic heterocycles. The van der Waals surface area contributed by atoms with Crippen LogP contribution in [0.1, 0.15) is 19.8 Å². The molecule has 5 heteroatoms. The molecule has 0 bridgehead atoms. The lowest BCUT2D eigenvalue weighted by Gasteiger charge is -2.25. The van der Waals surface area contributed by atoms with Gasteiger partial charge in [0, 0.05) is 0 Å². The van der Waals surface area contributed by atoms with Crippen molar-refractivity contribution < 1.29 is 8.42 Å². The average Bonchev–Trinajstić information content (AvgIpc) is 1.95. The fourth-order valence-electron chi connectivity index (χ4n) is 1.48. The Morgan fingerprint density at radius 1 is 1.50 bits per heavy atom. The molecule has 2 atom stereocenters. The molecular weight excluding hydrogens is 198 g/mol. The Bertz CT molecular complexity index is 228. The number of hydrogen-bond donors (Lipinski definition) is 1. The van der Waals surface area contributed by atoms with E-state index < -0.39 is 9.84 Å². The molecule has 1 saturated heterocycles. The molecule has 0 saturated carbocycles. The molecule has 0 amide bonds. The van der Waals surface area contributed by atoms with Gasteiger partial charge in [-0.2, -0.15) is 0 Å². The zero-order valence-corrected chi connectivity index (χ0v) is 8.83. The van der Waals surface area contributed by atoms with E-state index in [0.717, 1.165) is 12.8 Å². The molecule has 74 valence electrons. The molecule has 3 nitrogen and oxygen atoms in total. The molecule has 0 aromatic carbocycles. The maximum absolute atomic E-state index is 11.2. The van der Waals surface area contributed by atoms with Crippen LogP contribution >= 0.6 is 12.4 Å². The number of hydrogen-bond acceptors (Lipinski definition) is 3. The van der Waals surface area contributed by atoms with Crippen LogP contribution in [0, 0.1) is 5.92 Å². The highest BCUT2D eigenvalue weighted by atomic mass is 35.5. The first-order valence-corrected chi connectivity index (χ1v) is 5.69. The maximum atomic E-state index is 11.2. The summed E-state index contributed by atoms with van der Waals surface area (Å²) < 4.78 is 22.4. The summed E-state index contributed by atoms with van der Waals surface area (Å²) in [5, 5.41) is -0.176. The van der Waals surface area contributed by atoms with Crippen LogP contribution in [0.15, 0.2) is 0 Å². The molecule has 1 fully saturated rings. The smallest absolute Gasteiger partial charge is 0.152 e. The van der Waals surface area contributed by atoms with Crippen LogP contribution in [0.2, 0.25) is 0 Å². The van der Waals surface area contributed by atoms with Crippen molar-refractivity contribution in [1.82, 2.24) is 0 Å². The minimum Gasteiger partial charge on any atom is -0.330 e. The van der Waals surface area contributed by atoms with Gasteiger partial charge in [-0.1, -0.05) is 0 Å². The monoisotopic (exact) mass is 213 g/mol. The summed E-state index contributed by atoms with van der Waals surface area (Å²) in [5.74, 6) is 0.754. The highest BCUT2D eigenvalue weighted by Crippen LogP contribution is 2.23. The van der Waals surface area contributed by atoms with Gasteiger partial charge < -0.3 is 5.73 Å². The van der Waals surface area contributed by atoms with Crippen molar-refractivity contribution >= 4 is 22.2 Å². The molecule has 0 aliphatic carbocycles. The van der Waals surface area contributed by atoms with Crippen LogP contribution in [0.5, 0.6) is 0 Å². The topological polar surface area (TPSA) is 60.2 Å². The fraction of sp³-hybridized carbons (Fsp3) is 1.00. The third-order valence-electron chi connectivity index (χ3n) is 2.42. The Labute approximate surface area is 80.0 Å². The van der Waals surface area contributed by atoms with Gasteiger partial charge in [0.15, 0.2) is 9.84 Å². The number of rotatable bonds is 1. The van der Waals surface area contributed by atoms with Crippen molar-refractivity contribution in [1.29, 1.82) is 0 Å². The van der Waals surface area contributed by atoms with E-state index in [4.69, 9.17) is 5.73 Å². The van der Waals surface area contributed by atoms with E-state index in [1.165, 1.54) is 0 Å². The minimum absolute atomic E-state index is 0. The van der Waals surface area contributed by atoms with E-state index in [1.54, 1.807) is 6.92 Å². The molecular formula is C7H16ClNO2S. The summed E-state index contributed by atoms with van der Waals surface area (Å²) in [6.45, 7) is 2.40. The molecule has 1 aliphatic rings. The fourth-order valence-corrected chi connectivity index (χ4v) is 3.11. The standard InChI is InChI=1S/C7H15NO2S.ClH/c1-6-4-7(5-8)2-3-11(6,9)10;/h6-7H,2-5,8H2,1H3;1H/t6-,7+;/m1./s1. The third-order valence-corrected chi connectivity index (χ3v) is 4.65. The lowest BCUT2D eigenvalue weighted by atomic mass is 10.0. The Hall–Kier alpha value is 0.200. The molecule has 1 aliphatic heterocycles. The molecule has 1 heterocycles. The molecule has 2 N–H and O–H groups in total. The summed E-state index contributed by atoms with van der Waals surface area (Å²) >= 11 is 0. The van der Waals surface area contributed by atoms with Crippen molar-refractivity contribution in [2.24, 2.45) is 11.7 Å². The zero-order chi connectivity index (χ0) is 8.48. The molecule has 0 radical (unpaired) electrons. The Morgan fingerprint density at radius 3 is 2.50 bits per heavy atom. The van der Waals surface area contributed by atoms with Gasteiger partial charge in [0.2, 0.25) is 0 Å². The maximum Gasteiger partial charge on any atom is 0.152 e. The van der Waals surface area contributed by atoms with Crippen molar-refractivity contribution in [2.45, 2.75) is 25.0 Å². The van der Waals surface area contributed by atoms with Crippen LogP contribution in [-0.2, 0) is 9.84 Å². The van der Waals surface area contributed by atoms with E-state index in [2.05, 4.69) is 0 Å². The lowest BCUT2D eigenvalue weighted by molar-refractivity contribution is 0.441. The second-order valence-corrected chi connectivity index (χ2v) is 5.84. The Morgan fingerprint density at radius 2 is 2.08 bits per heavy atom. The summed E-state index contributed by atoms with van der Waals surface area (Å²) in [4.78, 5) is 0. The molecule has 12 heavy (non-hydrogen) atoms. The largest absolute Gasteiger partial charge is 0.330 e. The predicted octanol–water partition coefficient (Wildman–Crippen LogP) is 0.580. The van der Waals surface area contributed by atoms with Gasteiger partial charge in [-0.15, -0.1) is 12.4 Å². The first-order chi connectivity index (χ1) is 5.06. The van der Waals surface area contributed by atoms with Crippen molar-refractivity contribution in [3.8, 4) is 0 Å². The van der Waals surface area contributed by atoms with E-state index >= 15 is 0 Å². The van der Waals surface area contributed by atoms with Crippen molar-refractivity contribution in [2.75, 3.05) is 12.3 Å². The van der Waals surface area contributed by atoms with Gasteiger partial charge in [-0.05, 0) is 32.2 Å². The van der Waals surface area contributed by atoms with E-state index in [1.807, 2.05) is 0 Å². The number of nitrogens with two attached hydrogens (primary N) is 1. The summed E-state index contributed by atoms with van der Waals surface area (Å²) in [5.41, 5.74) is 5.46.